The van der Waals surface area contributed by atoms with Crippen molar-refractivity contribution in [3.63, 3.8) is 0 Å². The highest BCUT2D eigenvalue weighted by molar-refractivity contribution is 7.09. The average Bonchev–Trinajstić information content (AvgIpc) is 2.89. The first-order valence-corrected chi connectivity index (χ1v) is 7.42. The van der Waals surface area contributed by atoms with Gasteiger partial charge in [-0.05, 0) is 5.92 Å². The fraction of sp³-hybridized carbons (Fsp3) is 0.400. The van der Waals surface area contributed by atoms with Gasteiger partial charge in [0.1, 0.15) is 5.01 Å². The molecule has 0 spiro atoms. The van der Waals surface area contributed by atoms with Crippen LogP contribution in [-0.4, -0.2) is 22.7 Å². The molecule has 4 heteroatoms. The Morgan fingerprint density at radius 1 is 1.26 bits per heavy atom. The fourth-order valence-electron chi connectivity index (χ4n) is 1.86. The van der Waals surface area contributed by atoms with Crippen LogP contribution in [0.4, 0.5) is 0 Å². The Labute approximate surface area is 118 Å². The predicted molar refractivity (Wildman–Crippen MR) is 80.1 cm³/mol. The van der Waals surface area contributed by atoms with E-state index >= 15 is 0 Å². The lowest BCUT2D eigenvalue weighted by Gasteiger charge is -2.18. The number of hydrogen-bond donors (Lipinski definition) is 2. The van der Waals surface area contributed by atoms with E-state index in [2.05, 4.69) is 41.7 Å². The van der Waals surface area contributed by atoms with Gasteiger partial charge in [0.2, 0.25) is 0 Å². The van der Waals surface area contributed by atoms with Crippen LogP contribution in [0.2, 0.25) is 0 Å². The number of aromatic nitrogens is 1. The second-order valence-electron chi connectivity index (χ2n) is 4.91. The highest BCUT2D eigenvalue weighted by Gasteiger charge is 2.12. The number of rotatable bonds is 6. The van der Waals surface area contributed by atoms with Gasteiger partial charge in [-0.3, -0.25) is 0 Å². The molecule has 1 atom stereocenters. The molecule has 0 fully saturated rings. The van der Waals surface area contributed by atoms with Crippen LogP contribution in [0.5, 0.6) is 0 Å². The lowest BCUT2D eigenvalue weighted by Crippen LogP contribution is -2.36. The molecule has 0 saturated heterocycles. The summed E-state index contributed by atoms with van der Waals surface area (Å²) in [7, 11) is 0. The fourth-order valence-corrected chi connectivity index (χ4v) is 2.62. The molecule has 1 unspecified atom stereocenters. The summed E-state index contributed by atoms with van der Waals surface area (Å²) in [6.07, 6.45) is 0. The van der Waals surface area contributed by atoms with Crippen molar-refractivity contribution < 1.29 is 5.11 Å². The van der Waals surface area contributed by atoms with Gasteiger partial charge < -0.3 is 10.4 Å². The van der Waals surface area contributed by atoms with Crippen molar-refractivity contribution in [2.45, 2.75) is 26.4 Å². The first kappa shape index (κ1) is 14.2. The van der Waals surface area contributed by atoms with Crippen LogP contribution in [0.25, 0.3) is 11.3 Å². The molecular weight excluding hydrogens is 256 g/mol. The first-order chi connectivity index (χ1) is 9.20. The topological polar surface area (TPSA) is 45.1 Å². The monoisotopic (exact) mass is 276 g/mol. The molecule has 19 heavy (non-hydrogen) atoms. The molecule has 0 aliphatic rings. The summed E-state index contributed by atoms with van der Waals surface area (Å²) in [4.78, 5) is 4.62. The highest BCUT2D eigenvalue weighted by Crippen LogP contribution is 2.21. The van der Waals surface area contributed by atoms with Crippen LogP contribution in [0.1, 0.15) is 18.9 Å². The van der Waals surface area contributed by atoms with Crippen LogP contribution >= 0.6 is 11.3 Å². The Morgan fingerprint density at radius 2 is 2.00 bits per heavy atom. The maximum Gasteiger partial charge on any atom is 0.107 e. The molecule has 3 nitrogen and oxygen atoms in total. The molecule has 1 heterocycles. The zero-order valence-corrected chi connectivity index (χ0v) is 12.2. The van der Waals surface area contributed by atoms with Crippen molar-refractivity contribution in [1.82, 2.24) is 10.3 Å². The molecule has 1 aromatic carbocycles. The van der Waals surface area contributed by atoms with Gasteiger partial charge in [-0.1, -0.05) is 44.2 Å². The van der Waals surface area contributed by atoms with Gasteiger partial charge in [-0.15, -0.1) is 11.3 Å². The minimum absolute atomic E-state index is 0.129. The number of hydrogen-bond acceptors (Lipinski definition) is 4. The Balaban J connectivity index is 1.98. The van der Waals surface area contributed by atoms with Gasteiger partial charge in [0.15, 0.2) is 0 Å². The summed E-state index contributed by atoms with van der Waals surface area (Å²) >= 11 is 1.65. The second kappa shape index (κ2) is 6.80. The largest absolute Gasteiger partial charge is 0.395 e. The van der Waals surface area contributed by atoms with E-state index in [1.54, 1.807) is 11.3 Å². The number of nitrogens with zero attached hydrogens (tertiary/aromatic N) is 1. The van der Waals surface area contributed by atoms with Crippen molar-refractivity contribution >= 4 is 11.3 Å². The number of benzene rings is 1. The maximum absolute atomic E-state index is 9.28. The van der Waals surface area contributed by atoms with Gasteiger partial charge >= 0.3 is 0 Å². The third-order valence-electron chi connectivity index (χ3n) is 3.14. The van der Waals surface area contributed by atoms with Gasteiger partial charge in [-0.2, -0.15) is 0 Å². The Morgan fingerprint density at radius 3 is 2.63 bits per heavy atom. The molecule has 0 aliphatic carbocycles. The van der Waals surface area contributed by atoms with Crippen LogP contribution in [0, 0.1) is 5.92 Å². The van der Waals surface area contributed by atoms with Crippen LogP contribution in [0.3, 0.4) is 0 Å². The second-order valence-corrected chi connectivity index (χ2v) is 5.85. The van der Waals surface area contributed by atoms with Crippen LogP contribution < -0.4 is 5.32 Å². The minimum atomic E-state index is 0.129. The van der Waals surface area contributed by atoms with E-state index in [4.69, 9.17) is 0 Å². The first-order valence-electron chi connectivity index (χ1n) is 6.54. The lowest BCUT2D eigenvalue weighted by atomic mass is 10.1. The van der Waals surface area contributed by atoms with Crippen LogP contribution in [0.15, 0.2) is 35.7 Å². The summed E-state index contributed by atoms with van der Waals surface area (Å²) in [6.45, 7) is 5.08. The van der Waals surface area contributed by atoms with Crippen molar-refractivity contribution in [1.29, 1.82) is 0 Å². The molecule has 0 radical (unpaired) electrons. The van der Waals surface area contributed by atoms with E-state index in [1.165, 1.54) is 0 Å². The quantitative estimate of drug-likeness (QED) is 0.852. The smallest absolute Gasteiger partial charge is 0.107 e. The lowest BCUT2D eigenvalue weighted by molar-refractivity contribution is 0.210. The van der Waals surface area contributed by atoms with E-state index in [1.807, 2.05) is 18.2 Å². The maximum atomic E-state index is 9.28. The molecular formula is C15H20N2OS. The Kier molecular flexibility index (Phi) is 5.07. The molecule has 2 N–H and O–H groups in total. The summed E-state index contributed by atoms with van der Waals surface area (Å²) in [6, 6.07) is 10.3. The molecule has 1 aromatic heterocycles. The SMILES string of the molecule is CC(C)C(CO)NCc1nc(-c2ccccc2)cs1. The molecule has 0 saturated carbocycles. The van der Waals surface area contributed by atoms with Crippen LogP contribution in [-0.2, 0) is 6.54 Å². The molecule has 2 aromatic rings. The predicted octanol–water partition coefficient (Wildman–Crippen LogP) is 2.92. The standard InChI is InChI=1S/C15H20N2OS/c1-11(2)13(9-18)16-8-15-17-14(10-19-15)12-6-4-3-5-7-12/h3-7,10-11,13,16,18H,8-9H2,1-2H3. The number of aliphatic hydroxyl groups excluding tert-OH is 1. The summed E-state index contributed by atoms with van der Waals surface area (Å²) in [5.74, 6) is 0.415. The van der Waals surface area contributed by atoms with Crippen molar-refractivity contribution in [3.05, 3.63) is 40.7 Å². The highest BCUT2D eigenvalue weighted by atomic mass is 32.1. The molecule has 0 aliphatic heterocycles. The molecule has 102 valence electrons. The van der Waals surface area contributed by atoms with Gasteiger partial charge in [0.25, 0.3) is 0 Å². The third-order valence-corrected chi connectivity index (χ3v) is 3.99. The molecule has 0 bridgehead atoms. The van der Waals surface area contributed by atoms with Gasteiger partial charge in [0.05, 0.1) is 12.3 Å². The normalized spacial score (nSPS) is 12.8. The number of aliphatic hydroxyl groups is 1. The Bertz CT molecular complexity index is 496. The Hall–Kier alpha value is -1.23. The molecule has 0 amide bonds. The van der Waals surface area contributed by atoms with Gasteiger partial charge in [-0.25, -0.2) is 4.98 Å². The summed E-state index contributed by atoms with van der Waals surface area (Å²) in [5, 5.41) is 15.8. The molecule has 2 rings (SSSR count). The van der Waals surface area contributed by atoms with E-state index < -0.39 is 0 Å². The van der Waals surface area contributed by atoms with Crippen molar-refractivity contribution in [2.75, 3.05) is 6.61 Å². The zero-order valence-electron chi connectivity index (χ0n) is 11.3. The van der Waals surface area contributed by atoms with Crippen molar-refractivity contribution in [3.8, 4) is 11.3 Å². The number of thiazole rings is 1. The van der Waals surface area contributed by atoms with Crippen molar-refractivity contribution in [2.24, 2.45) is 5.92 Å². The van der Waals surface area contributed by atoms with E-state index in [-0.39, 0.29) is 12.6 Å². The number of nitrogens with one attached hydrogen (secondary N) is 1. The zero-order chi connectivity index (χ0) is 13.7. The third kappa shape index (κ3) is 3.86. The van der Waals surface area contributed by atoms with E-state index in [0.29, 0.717) is 12.5 Å². The summed E-state index contributed by atoms with van der Waals surface area (Å²) < 4.78 is 0. The van der Waals surface area contributed by atoms with E-state index in [9.17, 15) is 5.11 Å². The van der Waals surface area contributed by atoms with E-state index in [0.717, 1.165) is 16.3 Å². The average molecular weight is 276 g/mol. The van der Waals surface area contributed by atoms with Gasteiger partial charge in [0, 0.05) is 23.5 Å². The summed E-state index contributed by atoms with van der Waals surface area (Å²) in [5.41, 5.74) is 2.17. The minimum Gasteiger partial charge on any atom is -0.395 e.